The number of aryl methyl sites for hydroxylation is 2. The highest BCUT2D eigenvalue weighted by atomic mass is 16.5. The van der Waals surface area contributed by atoms with Crippen LogP contribution < -0.4 is 0 Å². The van der Waals surface area contributed by atoms with Crippen molar-refractivity contribution >= 4 is 10.9 Å². The Bertz CT molecular complexity index is 1130. The quantitative estimate of drug-likeness (QED) is 0.557. The highest BCUT2D eigenvalue weighted by Gasteiger charge is 2.19. The largest absolute Gasteiger partial charge is 0.380 e. The molecule has 1 aliphatic rings. The van der Waals surface area contributed by atoms with Crippen molar-refractivity contribution in [3.8, 4) is 22.6 Å². The van der Waals surface area contributed by atoms with Crippen LogP contribution in [0.2, 0.25) is 0 Å². The first-order chi connectivity index (χ1) is 13.7. The maximum atomic E-state index is 5.31. The first-order valence-electron chi connectivity index (χ1n) is 9.73. The van der Waals surface area contributed by atoms with E-state index < -0.39 is 0 Å². The lowest BCUT2D eigenvalue weighted by atomic mass is 9.98. The van der Waals surface area contributed by atoms with Crippen LogP contribution in [0.4, 0.5) is 0 Å². The lowest BCUT2D eigenvalue weighted by Gasteiger charge is -2.10. The molecule has 28 heavy (non-hydrogen) atoms. The zero-order chi connectivity index (χ0) is 19.1. The summed E-state index contributed by atoms with van der Waals surface area (Å²) < 4.78 is 5.31. The highest BCUT2D eigenvalue weighted by Crippen LogP contribution is 2.32. The van der Waals surface area contributed by atoms with Crippen molar-refractivity contribution < 1.29 is 4.74 Å². The van der Waals surface area contributed by atoms with Crippen LogP contribution in [0.5, 0.6) is 0 Å². The van der Waals surface area contributed by atoms with Crippen molar-refractivity contribution in [3.05, 3.63) is 53.1 Å². The monoisotopic (exact) mass is 373 g/mol. The Morgan fingerprint density at radius 3 is 2.89 bits per heavy atom. The zero-order valence-electron chi connectivity index (χ0n) is 16.2. The average molecular weight is 373 g/mol. The van der Waals surface area contributed by atoms with E-state index in [4.69, 9.17) is 9.72 Å². The maximum Gasteiger partial charge on any atom is 0.159 e. The Hall–Kier alpha value is -2.99. The second kappa shape index (κ2) is 6.87. The fourth-order valence-electron chi connectivity index (χ4n) is 4.09. The van der Waals surface area contributed by atoms with E-state index in [0.717, 1.165) is 52.0 Å². The fourth-order valence-corrected chi connectivity index (χ4v) is 4.09. The molecule has 0 spiro atoms. The number of rotatable bonds is 4. The van der Waals surface area contributed by atoms with Gasteiger partial charge in [-0.25, -0.2) is 4.98 Å². The van der Waals surface area contributed by atoms with Gasteiger partial charge in [0.05, 0.1) is 17.8 Å². The number of ether oxygens (including phenoxy) is 1. The third-order valence-electron chi connectivity index (χ3n) is 5.67. The summed E-state index contributed by atoms with van der Waals surface area (Å²) in [6.45, 7) is 2.68. The molecule has 0 aliphatic heterocycles. The number of aromatic nitrogens is 5. The number of imidazole rings is 1. The molecule has 0 saturated heterocycles. The van der Waals surface area contributed by atoms with Gasteiger partial charge in [0.2, 0.25) is 0 Å². The first-order valence-corrected chi connectivity index (χ1v) is 9.73. The summed E-state index contributed by atoms with van der Waals surface area (Å²) in [5, 5.41) is 8.77. The topological polar surface area (TPSA) is 79.5 Å². The molecule has 4 aromatic rings. The van der Waals surface area contributed by atoms with E-state index in [0.29, 0.717) is 6.61 Å². The van der Waals surface area contributed by atoms with E-state index in [-0.39, 0.29) is 0 Å². The van der Waals surface area contributed by atoms with Crippen molar-refractivity contribution in [3.63, 3.8) is 0 Å². The van der Waals surface area contributed by atoms with Gasteiger partial charge in [0, 0.05) is 36.1 Å². The van der Waals surface area contributed by atoms with E-state index in [1.165, 1.54) is 29.8 Å². The summed E-state index contributed by atoms with van der Waals surface area (Å²) in [7, 11) is 1.71. The average Bonchev–Trinajstić information content (AvgIpc) is 3.32. The van der Waals surface area contributed by atoms with Crippen molar-refractivity contribution in [2.75, 3.05) is 7.11 Å². The Balaban J connectivity index is 1.61. The lowest BCUT2D eigenvalue weighted by molar-refractivity contribution is 0.184. The van der Waals surface area contributed by atoms with Crippen LogP contribution in [0, 0.1) is 6.92 Å². The number of methoxy groups -OCH3 is 1. The van der Waals surface area contributed by atoms with E-state index in [1.807, 2.05) is 12.4 Å². The molecule has 5 rings (SSSR count). The van der Waals surface area contributed by atoms with Gasteiger partial charge >= 0.3 is 0 Å². The Morgan fingerprint density at radius 2 is 2.04 bits per heavy atom. The van der Waals surface area contributed by atoms with Crippen LogP contribution in [0.1, 0.15) is 35.4 Å². The molecule has 0 fully saturated rings. The summed E-state index contributed by atoms with van der Waals surface area (Å²) in [4.78, 5) is 12.7. The maximum absolute atomic E-state index is 5.31. The smallest absolute Gasteiger partial charge is 0.159 e. The molecule has 0 amide bonds. The number of pyridine rings is 1. The Labute approximate surface area is 163 Å². The molecule has 3 heterocycles. The second-order valence-electron chi connectivity index (χ2n) is 7.45. The molecule has 1 aromatic carbocycles. The number of H-pyrrole nitrogens is 2. The first kappa shape index (κ1) is 17.1. The second-order valence-corrected chi connectivity index (χ2v) is 7.45. The minimum atomic E-state index is 0.559. The molecule has 0 radical (unpaired) electrons. The number of aromatic amines is 2. The van der Waals surface area contributed by atoms with Crippen LogP contribution in [0.25, 0.3) is 33.5 Å². The number of nitrogens with zero attached hydrogens (tertiary/aromatic N) is 3. The van der Waals surface area contributed by atoms with Gasteiger partial charge in [0.15, 0.2) is 5.82 Å². The molecule has 0 bridgehead atoms. The summed E-state index contributed by atoms with van der Waals surface area (Å²) in [6, 6.07) is 6.36. The molecule has 0 atom stereocenters. The van der Waals surface area contributed by atoms with Crippen LogP contribution >= 0.6 is 0 Å². The van der Waals surface area contributed by atoms with Crippen molar-refractivity contribution in [1.82, 2.24) is 25.1 Å². The predicted octanol–water partition coefficient (Wildman–Crippen LogP) is 4.35. The van der Waals surface area contributed by atoms with Crippen LogP contribution in [-0.4, -0.2) is 32.3 Å². The number of hydrogen-bond donors (Lipinski definition) is 2. The summed E-state index contributed by atoms with van der Waals surface area (Å²) in [5.41, 5.74) is 8.87. The predicted molar refractivity (Wildman–Crippen MR) is 109 cm³/mol. The fraction of sp³-hybridized carbons (Fsp3) is 0.318. The molecule has 6 nitrogen and oxygen atoms in total. The van der Waals surface area contributed by atoms with Gasteiger partial charge in [0.25, 0.3) is 0 Å². The molecule has 0 saturated carbocycles. The normalized spacial score (nSPS) is 13.8. The molecule has 0 unspecified atom stereocenters. The molecular weight excluding hydrogens is 350 g/mol. The highest BCUT2D eigenvalue weighted by molar-refractivity contribution is 5.94. The third-order valence-corrected chi connectivity index (χ3v) is 5.67. The summed E-state index contributed by atoms with van der Waals surface area (Å²) in [5.74, 6) is 0.860. The van der Waals surface area contributed by atoms with Gasteiger partial charge in [-0.3, -0.25) is 10.1 Å². The lowest BCUT2D eigenvalue weighted by Crippen LogP contribution is -2.00. The molecule has 1 aliphatic carbocycles. The number of benzene rings is 1. The third kappa shape index (κ3) is 2.81. The van der Waals surface area contributed by atoms with Crippen LogP contribution in [0.3, 0.4) is 0 Å². The van der Waals surface area contributed by atoms with Gasteiger partial charge in [0.1, 0.15) is 5.69 Å². The van der Waals surface area contributed by atoms with Gasteiger partial charge < -0.3 is 9.72 Å². The van der Waals surface area contributed by atoms with Crippen LogP contribution in [-0.2, 0) is 24.2 Å². The SMILES string of the molecule is COCc1cncc(-c2ccc3[nH]nc(-c4nc5c([nH]4)CCCC5)c3c2)c1C. The van der Waals surface area contributed by atoms with E-state index >= 15 is 0 Å². The van der Waals surface area contributed by atoms with E-state index in [2.05, 4.69) is 45.3 Å². The van der Waals surface area contributed by atoms with Gasteiger partial charge in [-0.2, -0.15) is 5.10 Å². The van der Waals surface area contributed by atoms with Crippen LogP contribution in [0.15, 0.2) is 30.6 Å². The van der Waals surface area contributed by atoms with Crippen molar-refractivity contribution in [2.45, 2.75) is 39.2 Å². The van der Waals surface area contributed by atoms with Crippen molar-refractivity contribution in [1.29, 1.82) is 0 Å². The number of hydrogen-bond acceptors (Lipinski definition) is 4. The summed E-state index contributed by atoms with van der Waals surface area (Å²) >= 11 is 0. The molecule has 6 heteroatoms. The standard InChI is InChI=1S/C22H23N5O/c1-13-15(12-28-2)10-23-11-17(13)14-7-8-18-16(9-14)21(27-26-18)22-24-19-5-3-4-6-20(19)25-22/h7-11H,3-6,12H2,1-2H3,(H,24,25)(H,26,27). The molecular formula is C22H23N5O. The molecule has 142 valence electrons. The Kier molecular flexibility index (Phi) is 4.20. The van der Waals surface area contributed by atoms with E-state index in [9.17, 15) is 0 Å². The number of nitrogens with one attached hydrogen (secondary N) is 2. The molecule has 3 aromatic heterocycles. The Morgan fingerprint density at radius 1 is 1.14 bits per heavy atom. The minimum absolute atomic E-state index is 0.559. The van der Waals surface area contributed by atoms with E-state index in [1.54, 1.807) is 7.11 Å². The van der Waals surface area contributed by atoms with Gasteiger partial charge in [-0.15, -0.1) is 0 Å². The number of fused-ring (bicyclic) bond motifs is 2. The molecule has 2 N–H and O–H groups in total. The van der Waals surface area contributed by atoms with Gasteiger partial charge in [-0.1, -0.05) is 6.07 Å². The zero-order valence-corrected chi connectivity index (χ0v) is 16.2. The van der Waals surface area contributed by atoms with Gasteiger partial charge in [-0.05, 0) is 61.4 Å². The van der Waals surface area contributed by atoms with Crippen molar-refractivity contribution in [2.24, 2.45) is 0 Å². The summed E-state index contributed by atoms with van der Waals surface area (Å²) in [6.07, 6.45) is 8.36. The minimum Gasteiger partial charge on any atom is -0.380 e.